The molecule has 0 amide bonds. The SMILES string of the molecule is CCCc1ccc(C(N)C(=O)OC)s1. The third-order valence-electron chi connectivity index (χ3n) is 1.94. The fourth-order valence-electron chi connectivity index (χ4n) is 1.19. The molecular weight excluding hydrogens is 198 g/mol. The fourth-order valence-corrected chi connectivity index (χ4v) is 2.29. The Morgan fingerprint density at radius 2 is 2.36 bits per heavy atom. The van der Waals surface area contributed by atoms with E-state index in [2.05, 4.69) is 11.7 Å². The highest BCUT2D eigenvalue weighted by molar-refractivity contribution is 7.12. The van der Waals surface area contributed by atoms with Gasteiger partial charge in [0.1, 0.15) is 6.04 Å². The molecule has 1 unspecified atom stereocenters. The molecule has 0 aliphatic heterocycles. The molecule has 1 heterocycles. The number of rotatable bonds is 4. The van der Waals surface area contributed by atoms with Crippen LogP contribution in [0.2, 0.25) is 0 Å². The van der Waals surface area contributed by atoms with Crippen LogP contribution in [0.4, 0.5) is 0 Å². The maximum Gasteiger partial charge on any atom is 0.328 e. The Labute approximate surface area is 87.9 Å². The van der Waals surface area contributed by atoms with E-state index >= 15 is 0 Å². The van der Waals surface area contributed by atoms with Gasteiger partial charge in [-0.2, -0.15) is 0 Å². The van der Waals surface area contributed by atoms with Gasteiger partial charge in [-0.05, 0) is 18.6 Å². The van der Waals surface area contributed by atoms with Crippen molar-refractivity contribution in [1.29, 1.82) is 0 Å². The van der Waals surface area contributed by atoms with E-state index in [1.54, 1.807) is 11.3 Å². The van der Waals surface area contributed by atoms with Gasteiger partial charge in [-0.25, -0.2) is 4.79 Å². The molecule has 0 aromatic carbocycles. The molecule has 1 aromatic rings. The van der Waals surface area contributed by atoms with Gasteiger partial charge in [0.2, 0.25) is 0 Å². The first-order valence-corrected chi connectivity index (χ1v) is 5.42. The first-order chi connectivity index (χ1) is 6.69. The number of esters is 1. The Hall–Kier alpha value is -0.870. The number of thiophene rings is 1. The van der Waals surface area contributed by atoms with Gasteiger partial charge >= 0.3 is 5.97 Å². The monoisotopic (exact) mass is 213 g/mol. The zero-order valence-corrected chi connectivity index (χ0v) is 9.26. The minimum absolute atomic E-state index is 0.380. The van der Waals surface area contributed by atoms with Crippen LogP contribution in [-0.2, 0) is 16.0 Å². The molecule has 0 fully saturated rings. The van der Waals surface area contributed by atoms with Gasteiger partial charge in [0.15, 0.2) is 0 Å². The van der Waals surface area contributed by atoms with E-state index in [1.807, 2.05) is 12.1 Å². The topological polar surface area (TPSA) is 52.3 Å². The summed E-state index contributed by atoms with van der Waals surface area (Å²) in [6, 6.07) is 3.29. The van der Waals surface area contributed by atoms with Crippen molar-refractivity contribution >= 4 is 17.3 Å². The van der Waals surface area contributed by atoms with Crippen molar-refractivity contribution in [2.24, 2.45) is 5.73 Å². The second kappa shape index (κ2) is 5.12. The van der Waals surface area contributed by atoms with Crippen molar-refractivity contribution < 1.29 is 9.53 Å². The maximum atomic E-state index is 11.1. The quantitative estimate of drug-likeness (QED) is 0.777. The van der Waals surface area contributed by atoms with Crippen LogP contribution in [0.5, 0.6) is 0 Å². The molecule has 1 rings (SSSR count). The molecule has 0 radical (unpaired) electrons. The Morgan fingerprint density at radius 1 is 1.64 bits per heavy atom. The first kappa shape index (κ1) is 11.2. The lowest BCUT2D eigenvalue weighted by molar-refractivity contribution is -0.142. The summed E-state index contributed by atoms with van der Waals surface area (Å²) < 4.78 is 4.58. The van der Waals surface area contributed by atoms with Gasteiger partial charge in [0, 0.05) is 9.75 Å². The summed E-state index contributed by atoms with van der Waals surface area (Å²) in [6.45, 7) is 2.12. The van der Waals surface area contributed by atoms with E-state index in [9.17, 15) is 4.79 Å². The normalized spacial score (nSPS) is 12.5. The van der Waals surface area contributed by atoms with E-state index < -0.39 is 6.04 Å². The highest BCUT2D eigenvalue weighted by Gasteiger charge is 2.17. The minimum Gasteiger partial charge on any atom is -0.468 e. The Kier molecular flexibility index (Phi) is 4.10. The van der Waals surface area contributed by atoms with Crippen molar-refractivity contribution in [3.8, 4) is 0 Å². The Balaban J connectivity index is 2.70. The number of ether oxygens (including phenoxy) is 1. The molecule has 14 heavy (non-hydrogen) atoms. The summed E-state index contributed by atoms with van der Waals surface area (Å²) in [5, 5.41) is 0. The summed E-state index contributed by atoms with van der Waals surface area (Å²) >= 11 is 1.58. The lowest BCUT2D eigenvalue weighted by atomic mass is 10.2. The highest BCUT2D eigenvalue weighted by Crippen LogP contribution is 2.23. The van der Waals surface area contributed by atoms with Crippen LogP contribution in [0.3, 0.4) is 0 Å². The molecule has 1 aromatic heterocycles. The highest BCUT2D eigenvalue weighted by atomic mass is 32.1. The van der Waals surface area contributed by atoms with Crippen molar-refractivity contribution in [2.45, 2.75) is 25.8 Å². The summed E-state index contributed by atoms with van der Waals surface area (Å²) in [7, 11) is 1.35. The molecule has 0 bridgehead atoms. The zero-order valence-electron chi connectivity index (χ0n) is 8.45. The van der Waals surface area contributed by atoms with Gasteiger partial charge in [-0.3, -0.25) is 0 Å². The van der Waals surface area contributed by atoms with Crippen LogP contribution < -0.4 is 5.73 Å². The molecule has 1 atom stereocenters. The molecule has 0 saturated heterocycles. The second-order valence-corrected chi connectivity index (χ2v) is 4.25. The van der Waals surface area contributed by atoms with E-state index in [0.29, 0.717) is 0 Å². The third kappa shape index (κ3) is 2.56. The lowest BCUT2D eigenvalue weighted by Gasteiger charge is -2.05. The molecule has 2 N–H and O–H groups in total. The number of hydrogen-bond donors (Lipinski definition) is 1. The molecule has 0 aliphatic rings. The summed E-state index contributed by atoms with van der Waals surface area (Å²) in [5.74, 6) is -0.380. The summed E-state index contributed by atoms with van der Waals surface area (Å²) in [6.07, 6.45) is 2.14. The summed E-state index contributed by atoms with van der Waals surface area (Å²) in [4.78, 5) is 13.3. The van der Waals surface area contributed by atoms with Crippen molar-refractivity contribution in [1.82, 2.24) is 0 Å². The van der Waals surface area contributed by atoms with Gasteiger partial charge in [0.25, 0.3) is 0 Å². The fraction of sp³-hybridized carbons (Fsp3) is 0.500. The van der Waals surface area contributed by atoms with E-state index in [0.717, 1.165) is 17.7 Å². The van der Waals surface area contributed by atoms with Crippen LogP contribution in [0, 0.1) is 0 Å². The van der Waals surface area contributed by atoms with Crippen LogP contribution >= 0.6 is 11.3 Å². The number of nitrogens with two attached hydrogens (primary N) is 1. The molecule has 78 valence electrons. The molecule has 0 aliphatic carbocycles. The smallest absolute Gasteiger partial charge is 0.328 e. The van der Waals surface area contributed by atoms with E-state index in [4.69, 9.17) is 5.73 Å². The third-order valence-corrected chi connectivity index (χ3v) is 3.17. The lowest BCUT2D eigenvalue weighted by Crippen LogP contribution is -2.21. The Morgan fingerprint density at radius 3 is 2.93 bits per heavy atom. The standard InChI is InChI=1S/C10H15NO2S/c1-3-4-7-5-6-8(14-7)9(11)10(12)13-2/h5-6,9H,3-4,11H2,1-2H3. The molecule has 4 heteroatoms. The number of carbonyl (C=O) groups excluding carboxylic acids is 1. The Bertz CT molecular complexity index is 309. The summed E-state index contributed by atoms with van der Waals surface area (Å²) in [5.41, 5.74) is 5.69. The number of aryl methyl sites for hydroxylation is 1. The van der Waals surface area contributed by atoms with Gasteiger partial charge in [-0.1, -0.05) is 13.3 Å². The van der Waals surface area contributed by atoms with E-state index in [-0.39, 0.29) is 5.97 Å². The second-order valence-electron chi connectivity index (χ2n) is 3.05. The minimum atomic E-state index is -0.629. The van der Waals surface area contributed by atoms with Gasteiger partial charge in [-0.15, -0.1) is 11.3 Å². The predicted molar refractivity (Wildman–Crippen MR) is 57.3 cm³/mol. The van der Waals surface area contributed by atoms with Crippen LogP contribution in [0.25, 0.3) is 0 Å². The maximum absolute atomic E-state index is 11.1. The van der Waals surface area contributed by atoms with E-state index in [1.165, 1.54) is 12.0 Å². The average Bonchev–Trinajstić information content (AvgIpc) is 2.64. The van der Waals surface area contributed by atoms with Crippen molar-refractivity contribution in [2.75, 3.05) is 7.11 Å². The predicted octanol–water partition coefficient (Wildman–Crippen LogP) is 1.87. The van der Waals surface area contributed by atoms with Gasteiger partial charge in [0.05, 0.1) is 7.11 Å². The zero-order chi connectivity index (χ0) is 10.6. The first-order valence-electron chi connectivity index (χ1n) is 4.61. The number of carbonyl (C=O) groups is 1. The number of hydrogen-bond acceptors (Lipinski definition) is 4. The van der Waals surface area contributed by atoms with Crippen molar-refractivity contribution in [3.63, 3.8) is 0 Å². The van der Waals surface area contributed by atoms with Crippen LogP contribution in [0.1, 0.15) is 29.1 Å². The molecule has 0 saturated carbocycles. The largest absolute Gasteiger partial charge is 0.468 e. The van der Waals surface area contributed by atoms with Crippen LogP contribution in [0.15, 0.2) is 12.1 Å². The van der Waals surface area contributed by atoms with Gasteiger partial charge < -0.3 is 10.5 Å². The molecule has 0 spiro atoms. The average molecular weight is 213 g/mol. The molecular formula is C10H15NO2S. The molecule has 3 nitrogen and oxygen atoms in total. The van der Waals surface area contributed by atoms with Crippen LogP contribution in [-0.4, -0.2) is 13.1 Å². The van der Waals surface area contributed by atoms with Crippen molar-refractivity contribution in [3.05, 3.63) is 21.9 Å². The number of methoxy groups -OCH3 is 1.